The van der Waals surface area contributed by atoms with Gasteiger partial charge in [-0.15, -0.1) is 0 Å². The standard InChI is InChI=1S/C24H19N5O2/c30-24(31)19-9-8-16(12-20(19)23-25-10-11-26-23)14-27-17-4-3-5-18(13-17)29-15-28-21-6-1-2-7-22(21)29/h1-13,15,27H,14H2,(H,25,26)(H,30,31). The molecule has 0 unspecified atom stereocenters. The van der Waals surface area contributed by atoms with Gasteiger partial charge in [-0.25, -0.2) is 14.8 Å². The Morgan fingerprint density at radius 1 is 1.03 bits per heavy atom. The number of hydrogen-bond donors (Lipinski definition) is 3. The summed E-state index contributed by atoms with van der Waals surface area (Å²) in [5, 5.41) is 12.9. The largest absolute Gasteiger partial charge is 0.478 e. The lowest BCUT2D eigenvalue weighted by Crippen LogP contribution is -2.04. The Bertz CT molecular complexity index is 1370. The van der Waals surface area contributed by atoms with Gasteiger partial charge in [0.05, 0.1) is 16.6 Å². The highest BCUT2D eigenvalue weighted by molar-refractivity contribution is 5.95. The van der Waals surface area contributed by atoms with Crippen molar-refractivity contribution in [1.82, 2.24) is 19.5 Å². The first kappa shape index (κ1) is 18.6. The fourth-order valence-corrected chi connectivity index (χ4v) is 3.63. The van der Waals surface area contributed by atoms with E-state index < -0.39 is 5.97 Å². The zero-order valence-electron chi connectivity index (χ0n) is 16.5. The van der Waals surface area contributed by atoms with Gasteiger partial charge in [0.25, 0.3) is 0 Å². The number of imidazole rings is 2. The molecule has 0 bridgehead atoms. The summed E-state index contributed by atoms with van der Waals surface area (Å²) in [4.78, 5) is 23.2. The lowest BCUT2D eigenvalue weighted by molar-refractivity contribution is 0.0697. The summed E-state index contributed by atoms with van der Waals surface area (Å²) in [6.07, 6.45) is 5.11. The maximum absolute atomic E-state index is 11.6. The second kappa shape index (κ2) is 7.79. The van der Waals surface area contributed by atoms with Gasteiger partial charge >= 0.3 is 5.97 Å². The van der Waals surface area contributed by atoms with Crippen LogP contribution in [0.5, 0.6) is 0 Å². The number of para-hydroxylation sites is 2. The number of aromatic carboxylic acids is 1. The van der Waals surface area contributed by atoms with Crippen LogP contribution in [0.25, 0.3) is 28.1 Å². The molecule has 2 heterocycles. The fraction of sp³-hybridized carbons (Fsp3) is 0.0417. The van der Waals surface area contributed by atoms with E-state index in [4.69, 9.17) is 0 Å². The molecule has 3 N–H and O–H groups in total. The van der Waals surface area contributed by atoms with Crippen molar-refractivity contribution in [3.63, 3.8) is 0 Å². The summed E-state index contributed by atoms with van der Waals surface area (Å²) < 4.78 is 2.05. The third-order valence-corrected chi connectivity index (χ3v) is 5.14. The minimum Gasteiger partial charge on any atom is -0.478 e. The molecule has 7 nitrogen and oxygen atoms in total. The van der Waals surface area contributed by atoms with Crippen LogP contribution in [0.3, 0.4) is 0 Å². The van der Waals surface area contributed by atoms with Crippen LogP contribution in [0, 0.1) is 0 Å². The number of anilines is 1. The number of aromatic nitrogens is 4. The molecule has 5 rings (SSSR count). The normalized spacial score (nSPS) is 11.0. The number of nitrogens with one attached hydrogen (secondary N) is 2. The highest BCUT2D eigenvalue weighted by Gasteiger charge is 2.14. The topological polar surface area (TPSA) is 95.8 Å². The minimum atomic E-state index is -0.980. The third-order valence-electron chi connectivity index (χ3n) is 5.14. The summed E-state index contributed by atoms with van der Waals surface area (Å²) in [6, 6.07) is 21.4. The first-order valence-corrected chi connectivity index (χ1v) is 9.81. The highest BCUT2D eigenvalue weighted by atomic mass is 16.4. The molecular weight excluding hydrogens is 390 g/mol. The van der Waals surface area contributed by atoms with E-state index in [0.29, 0.717) is 17.9 Å². The van der Waals surface area contributed by atoms with E-state index in [2.05, 4.69) is 30.9 Å². The number of carboxylic acid groups (broad SMARTS) is 1. The number of rotatable bonds is 6. The van der Waals surface area contributed by atoms with Crippen molar-refractivity contribution in [2.75, 3.05) is 5.32 Å². The predicted molar refractivity (Wildman–Crippen MR) is 119 cm³/mol. The molecule has 5 aromatic rings. The van der Waals surface area contributed by atoms with Crippen molar-refractivity contribution < 1.29 is 9.90 Å². The van der Waals surface area contributed by atoms with Crippen LogP contribution in [0.4, 0.5) is 5.69 Å². The molecule has 0 atom stereocenters. The van der Waals surface area contributed by atoms with Crippen molar-refractivity contribution in [2.45, 2.75) is 6.54 Å². The van der Waals surface area contributed by atoms with Gasteiger partial charge in [-0.2, -0.15) is 0 Å². The zero-order chi connectivity index (χ0) is 21.2. The van der Waals surface area contributed by atoms with Gasteiger partial charge < -0.3 is 15.4 Å². The molecule has 0 fully saturated rings. The average Bonchev–Trinajstić information content (AvgIpc) is 3.48. The Kier molecular flexibility index (Phi) is 4.68. The molecule has 31 heavy (non-hydrogen) atoms. The Hall–Kier alpha value is -4.39. The number of benzene rings is 3. The number of fused-ring (bicyclic) bond motifs is 1. The number of carbonyl (C=O) groups is 1. The number of aromatic amines is 1. The first-order chi connectivity index (χ1) is 15.2. The minimum absolute atomic E-state index is 0.215. The summed E-state index contributed by atoms with van der Waals surface area (Å²) in [6.45, 7) is 0.543. The molecule has 0 aliphatic carbocycles. The lowest BCUT2D eigenvalue weighted by Gasteiger charge is -2.11. The van der Waals surface area contributed by atoms with Crippen LogP contribution in [0.2, 0.25) is 0 Å². The number of nitrogens with zero attached hydrogens (tertiary/aromatic N) is 3. The van der Waals surface area contributed by atoms with E-state index in [1.165, 1.54) is 0 Å². The molecule has 7 heteroatoms. The van der Waals surface area contributed by atoms with Crippen molar-refractivity contribution in [1.29, 1.82) is 0 Å². The van der Waals surface area contributed by atoms with Crippen LogP contribution < -0.4 is 5.32 Å². The van der Waals surface area contributed by atoms with Crippen molar-refractivity contribution in [3.8, 4) is 17.1 Å². The summed E-state index contributed by atoms with van der Waals surface area (Å²) in [5.41, 5.74) is 5.70. The van der Waals surface area contributed by atoms with Gasteiger partial charge in [-0.3, -0.25) is 4.57 Å². The molecular formula is C24H19N5O2. The third kappa shape index (κ3) is 3.64. The molecule has 2 aromatic heterocycles. The van der Waals surface area contributed by atoms with Crippen LogP contribution in [-0.2, 0) is 6.54 Å². The van der Waals surface area contributed by atoms with Crippen molar-refractivity contribution in [3.05, 3.63) is 96.6 Å². The zero-order valence-corrected chi connectivity index (χ0v) is 16.5. The maximum Gasteiger partial charge on any atom is 0.336 e. The fourth-order valence-electron chi connectivity index (χ4n) is 3.63. The highest BCUT2D eigenvalue weighted by Crippen LogP contribution is 2.24. The van der Waals surface area contributed by atoms with Crippen LogP contribution in [0.15, 0.2) is 85.5 Å². The molecule has 0 radical (unpaired) electrons. The van der Waals surface area contributed by atoms with E-state index in [1.54, 1.807) is 18.5 Å². The number of carboxylic acids is 1. The molecule has 0 aliphatic rings. The van der Waals surface area contributed by atoms with E-state index in [1.807, 2.05) is 60.9 Å². The van der Waals surface area contributed by atoms with Crippen LogP contribution >= 0.6 is 0 Å². The smallest absolute Gasteiger partial charge is 0.336 e. The van der Waals surface area contributed by atoms with Gasteiger partial charge in [-0.05, 0) is 48.0 Å². The molecule has 0 spiro atoms. The van der Waals surface area contributed by atoms with Crippen LogP contribution in [0.1, 0.15) is 15.9 Å². The number of hydrogen-bond acceptors (Lipinski definition) is 4. The second-order valence-corrected chi connectivity index (χ2v) is 7.13. The average molecular weight is 409 g/mol. The Labute approximate surface area is 178 Å². The van der Waals surface area contributed by atoms with Gasteiger partial charge in [0, 0.05) is 35.9 Å². The van der Waals surface area contributed by atoms with E-state index >= 15 is 0 Å². The number of H-pyrrole nitrogens is 1. The first-order valence-electron chi connectivity index (χ1n) is 9.81. The molecule has 0 saturated carbocycles. The predicted octanol–water partition coefficient (Wildman–Crippen LogP) is 4.73. The summed E-state index contributed by atoms with van der Waals surface area (Å²) in [5.74, 6) is -0.445. The quantitative estimate of drug-likeness (QED) is 0.377. The SMILES string of the molecule is O=C(O)c1ccc(CNc2cccc(-n3cnc4ccccc43)c2)cc1-c1ncc[nH]1. The Morgan fingerprint density at radius 3 is 2.77 bits per heavy atom. The van der Waals surface area contributed by atoms with E-state index in [-0.39, 0.29) is 5.56 Å². The van der Waals surface area contributed by atoms with Gasteiger partial charge in [0.1, 0.15) is 12.2 Å². The molecule has 3 aromatic carbocycles. The van der Waals surface area contributed by atoms with Crippen molar-refractivity contribution >= 4 is 22.7 Å². The second-order valence-electron chi connectivity index (χ2n) is 7.13. The lowest BCUT2D eigenvalue weighted by atomic mass is 10.0. The van der Waals surface area contributed by atoms with Crippen LogP contribution in [-0.4, -0.2) is 30.6 Å². The maximum atomic E-state index is 11.6. The Balaban J connectivity index is 1.40. The summed E-state index contributed by atoms with van der Waals surface area (Å²) in [7, 11) is 0. The molecule has 0 amide bonds. The van der Waals surface area contributed by atoms with Gasteiger partial charge in [0.2, 0.25) is 0 Å². The van der Waals surface area contributed by atoms with E-state index in [0.717, 1.165) is 28.0 Å². The molecule has 0 saturated heterocycles. The Morgan fingerprint density at radius 2 is 1.94 bits per heavy atom. The molecule has 152 valence electrons. The summed E-state index contributed by atoms with van der Waals surface area (Å²) >= 11 is 0. The van der Waals surface area contributed by atoms with Gasteiger partial charge in [-0.1, -0.05) is 24.3 Å². The monoisotopic (exact) mass is 409 g/mol. The molecule has 0 aliphatic heterocycles. The van der Waals surface area contributed by atoms with Gasteiger partial charge in [0.15, 0.2) is 0 Å². The van der Waals surface area contributed by atoms with E-state index in [9.17, 15) is 9.90 Å². The van der Waals surface area contributed by atoms with Crippen molar-refractivity contribution in [2.24, 2.45) is 0 Å².